The molecular weight excluding hydrogens is 196 g/mol. The van der Waals surface area contributed by atoms with Gasteiger partial charge < -0.3 is 0 Å². The van der Waals surface area contributed by atoms with E-state index in [1.807, 2.05) is 0 Å². The number of hydrogen-bond donors (Lipinski definition) is 0. The van der Waals surface area contributed by atoms with Crippen molar-refractivity contribution in [1.29, 1.82) is 0 Å². The highest BCUT2D eigenvalue weighted by Crippen LogP contribution is 2.58. The molecule has 3 fully saturated rings. The van der Waals surface area contributed by atoms with Gasteiger partial charge in [0.2, 0.25) is 0 Å². The first-order chi connectivity index (χ1) is 7.31. The van der Waals surface area contributed by atoms with Gasteiger partial charge in [-0.3, -0.25) is 0 Å². The Labute approximate surface area is 95.8 Å². The molecule has 3 atom stereocenters. The summed E-state index contributed by atoms with van der Waals surface area (Å²) in [7, 11) is -0.834. The van der Waals surface area contributed by atoms with Gasteiger partial charge in [0.05, 0.1) is 8.07 Å². The van der Waals surface area contributed by atoms with Crippen molar-refractivity contribution in [3.05, 3.63) is 0 Å². The Bertz CT molecular complexity index is 231. The zero-order valence-corrected chi connectivity index (χ0v) is 11.3. The highest BCUT2D eigenvalue weighted by atomic mass is 28.3. The minimum absolute atomic E-state index is 0.834. The molecule has 0 bridgehead atoms. The third-order valence-corrected chi connectivity index (χ3v) is 12.4. The Hall–Kier alpha value is 0.217. The summed E-state index contributed by atoms with van der Waals surface area (Å²) in [6, 6.07) is 1.69. The van der Waals surface area contributed by atoms with Gasteiger partial charge in [-0.1, -0.05) is 70.4 Å². The van der Waals surface area contributed by atoms with E-state index >= 15 is 0 Å². The Morgan fingerprint density at radius 3 is 2.33 bits per heavy atom. The van der Waals surface area contributed by atoms with Gasteiger partial charge in [0.25, 0.3) is 0 Å². The molecule has 0 aromatic carbocycles. The van der Waals surface area contributed by atoms with Crippen LogP contribution in [0.3, 0.4) is 0 Å². The van der Waals surface area contributed by atoms with E-state index in [0.717, 1.165) is 0 Å². The standard InChI is InChI=1S/C14H26Si/c1-15(13-8-2-3-9-13)11-5-7-12-6-4-10-14(12)15/h12-14H,2-11H2,1H3/t12-,14?,15?/m0/s1. The van der Waals surface area contributed by atoms with E-state index in [1.165, 1.54) is 17.0 Å². The van der Waals surface area contributed by atoms with Gasteiger partial charge in [-0.15, -0.1) is 0 Å². The van der Waals surface area contributed by atoms with Crippen molar-refractivity contribution >= 4 is 8.07 Å². The molecule has 86 valence electrons. The minimum atomic E-state index is -0.834. The fourth-order valence-corrected chi connectivity index (χ4v) is 11.6. The predicted molar refractivity (Wildman–Crippen MR) is 69.0 cm³/mol. The predicted octanol–water partition coefficient (Wildman–Crippen LogP) is 4.97. The van der Waals surface area contributed by atoms with Crippen molar-refractivity contribution in [3.63, 3.8) is 0 Å². The van der Waals surface area contributed by atoms with Gasteiger partial charge in [-0.2, -0.15) is 0 Å². The second-order valence-corrected chi connectivity index (χ2v) is 11.7. The van der Waals surface area contributed by atoms with Crippen LogP contribution in [0.2, 0.25) is 23.7 Å². The highest BCUT2D eigenvalue weighted by molar-refractivity contribution is 6.81. The average molecular weight is 222 g/mol. The normalized spacial score (nSPS) is 47.0. The zero-order chi connectivity index (χ0) is 10.3. The first kappa shape index (κ1) is 10.4. The molecule has 1 heteroatoms. The van der Waals surface area contributed by atoms with E-state index in [4.69, 9.17) is 0 Å². The quantitative estimate of drug-likeness (QED) is 0.549. The highest BCUT2D eigenvalue weighted by Gasteiger charge is 2.50. The first-order valence-corrected chi connectivity index (χ1v) is 10.2. The summed E-state index contributed by atoms with van der Waals surface area (Å²) in [5.41, 5.74) is 2.50. The lowest BCUT2D eigenvalue weighted by molar-refractivity contribution is 0.450. The smallest absolute Gasteiger partial charge is 0.0569 e. The largest absolute Gasteiger partial charge is 0.0687 e. The molecule has 0 aromatic rings. The molecule has 3 rings (SSSR count). The van der Waals surface area contributed by atoms with Crippen LogP contribution in [-0.4, -0.2) is 8.07 Å². The summed E-state index contributed by atoms with van der Waals surface area (Å²) in [5.74, 6) is 1.19. The van der Waals surface area contributed by atoms with Gasteiger partial charge in [0.15, 0.2) is 0 Å². The molecule has 1 saturated heterocycles. The molecule has 0 amide bonds. The lowest BCUT2D eigenvalue weighted by Gasteiger charge is -2.46. The van der Waals surface area contributed by atoms with Crippen LogP contribution in [0.15, 0.2) is 0 Å². The molecule has 0 spiro atoms. The lowest BCUT2D eigenvalue weighted by Crippen LogP contribution is -2.44. The van der Waals surface area contributed by atoms with Crippen molar-refractivity contribution in [2.24, 2.45) is 5.92 Å². The molecule has 0 radical (unpaired) electrons. The van der Waals surface area contributed by atoms with Crippen LogP contribution in [0.1, 0.15) is 57.8 Å². The van der Waals surface area contributed by atoms with E-state index < -0.39 is 8.07 Å². The summed E-state index contributed by atoms with van der Waals surface area (Å²) in [6.07, 6.45) is 14.3. The van der Waals surface area contributed by atoms with Crippen LogP contribution in [0.5, 0.6) is 0 Å². The fraction of sp³-hybridized carbons (Fsp3) is 1.00. The molecule has 0 N–H and O–H groups in total. The van der Waals surface area contributed by atoms with E-state index in [0.29, 0.717) is 0 Å². The molecule has 2 aliphatic carbocycles. The van der Waals surface area contributed by atoms with E-state index in [2.05, 4.69) is 6.55 Å². The van der Waals surface area contributed by atoms with E-state index in [9.17, 15) is 0 Å². The van der Waals surface area contributed by atoms with Crippen molar-refractivity contribution in [1.82, 2.24) is 0 Å². The van der Waals surface area contributed by atoms with Crippen molar-refractivity contribution < 1.29 is 0 Å². The maximum absolute atomic E-state index is 2.80. The Morgan fingerprint density at radius 2 is 1.53 bits per heavy atom. The molecule has 1 heterocycles. The van der Waals surface area contributed by atoms with Gasteiger partial charge in [0, 0.05) is 0 Å². The minimum Gasteiger partial charge on any atom is -0.0687 e. The lowest BCUT2D eigenvalue weighted by atomic mass is 10.0. The van der Waals surface area contributed by atoms with Crippen molar-refractivity contribution in [3.8, 4) is 0 Å². The van der Waals surface area contributed by atoms with Crippen molar-refractivity contribution in [2.75, 3.05) is 0 Å². The maximum atomic E-state index is 2.80. The average Bonchev–Trinajstić information content (AvgIpc) is 2.89. The fourth-order valence-electron chi connectivity index (χ4n) is 5.27. The molecular formula is C14H26Si. The number of rotatable bonds is 1. The number of hydrogen-bond acceptors (Lipinski definition) is 0. The molecule has 0 aromatic heterocycles. The van der Waals surface area contributed by atoms with Gasteiger partial charge in [-0.05, 0) is 17.0 Å². The third-order valence-electron chi connectivity index (χ3n) is 6.08. The SMILES string of the molecule is C[Si]1(C2CCCC2)CCC[C@@H]2CCCC21. The van der Waals surface area contributed by atoms with Gasteiger partial charge in [-0.25, -0.2) is 0 Å². The van der Waals surface area contributed by atoms with Crippen LogP contribution >= 0.6 is 0 Å². The topological polar surface area (TPSA) is 0 Å². The van der Waals surface area contributed by atoms with Crippen LogP contribution in [0, 0.1) is 5.92 Å². The zero-order valence-electron chi connectivity index (χ0n) is 10.3. The van der Waals surface area contributed by atoms with Crippen LogP contribution in [0.25, 0.3) is 0 Å². The monoisotopic (exact) mass is 222 g/mol. The second kappa shape index (κ2) is 3.91. The van der Waals surface area contributed by atoms with Crippen molar-refractivity contribution in [2.45, 2.75) is 81.5 Å². The summed E-state index contributed by atoms with van der Waals surface area (Å²) >= 11 is 0. The number of fused-ring (bicyclic) bond motifs is 1. The summed E-state index contributed by atoms with van der Waals surface area (Å²) < 4.78 is 0. The van der Waals surface area contributed by atoms with Crippen LogP contribution in [0.4, 0.5) is 0 Å². The van der Waals surface area contributed by atoms with Gasteiger partial charge in [0.1, 0.15) is 0 Å². The Kier molecular flexibility index (Phi) is 2.70. The third kappa shape index (κ3) is 1.62. The molecule has 1 aliphatic heterocycles. The van der Waals surface area contributed by atoms with E-state index in [1.54, 1.807) is 63.8 Å². The first-order valence-electron chi connectivity index (χ1n) is 7.31. The van der Waals surface area contributed by atoms with Crippen LogP contribution in [-0.2, 0) is 0 Å². The van der Waals surface area contributed by atoms with Gasteiger partial charge >= 0.3 is 0 Å². The maximum Gasteiger partial charge on any atom is 0.0569 e. The molecule has 2 unspecified atom stereocenters. The molecule has 15 heavy (non-hydrogen) atoms. The van der Waals surface area contributed by atoms with Crippen LogP contribution < -0.4 is 0 Å². The molecule has 2 saturated carbocycles. The summed E-state index contributed by atoms with van der Waals surface area (Å²) in [5, 5.41) is 0. The summed E-state index contributed by atoms with van der Waals surface area (Å²) in [6.45, 7) is 2.80. The Morgan fingerprint density at radius 1 is 0.800 bits per heavy atom. The summed E-state index contributed by atoms with van der Waals surface area (Å²) in [4.78, 5) is 0. The van der Waals surface area contributed by atoms with E-state index in [-0.39, 0.29) is 0 Å². The molecule has 0 nitrogen and oxygen atoms in total. The molecule has 3 aliphatic rings. The second-order valence-electron chi connectivity index (χ2n) is 6.68. The Balaban J connectivity index is 1.81.